The molecular weight excluding hydrogens is 224 g/mol. The second-order valence-corrected chi connectivity index (χ2v) is 6.25. The van der Waals surface area contributed by atoms with Crippen LogP contribution in [0, 0.1) is 5.41 Å². The van der Waals surface area contributed by atoms with Crippen molar-refractivity contribution < 1.29 is 4.74 Å². The smallest absolute Gasteiger partial charge is 0.0700 e. The molecule has 0 radical (unpaired) electrons. The molecule has 3 heteroatoms. The van der Waals surface area contributed by atoms with Gasteiger partial charge in [-0.3, -0.25) is 4.90 Å². The van der Waals surface area contributed by atoms with Gasteiger partial charge < -0.3 is 10.5 Å². The minimum absolute atomic E-state index is 0.395. The third kappa shape index (κ3) is 3.69. The van der Waals surface area contributed by atoms with Crippen LogP contribution in [0.25, 0.3) is 0 Å². The predicted octanol–water partition coefficient (Wildman–Crippen LogP) is 2.40. The summed E-state index contributed by atoms with van der Waals surface area (Å²) in [5.41, 5.74) is 6.53. The Balaban J connectivity index is 1.91. The summed E-state index contributed by atoms with van der Waals surface area (Å²) < 4.78 is 5.76. The van der Waals surface area contributed by atoms with Crippen LogP contribution >= 0.6 is 0 Å². The van der Waals surface area contributed by atoms with E-state index < -0.39 is 0 Å². The Labute approximate surface area is 112 Å². The highest BCUT2D eigenvalue weighted by molar-refractivity contribution is 4.87. The quantitative estimate of drug-likeness (QED) is 0.783. The summed E-state index contributed by atoms with van der Waals surface area (Å²) in [5, 5.41) is 0. The van der Waals surface area contributed by atoms with E-state index in [1.165, 1.54) is 45.1 Å². The van der Waals surface area contributed by atoms with Crippen molar-refractivity contribution in [2.24, 2.45) is 11.1 Å². The third-order valence-corrected chi connectivity index (χ3v) is 4.83. The maximum absolute atomic E-state index is 6.13. The van der Waals surface area contributed by atoms with Crippen molar-refractivity contribution in [2.75, 3.05) is 32.8 Å². The van der Waals surface area contributed by atoms with Crippen LogP contribution in [0.5, 0.6) is 0 Å². The lowest BCUT2D eigenvalue weighted by atomic mass is 9.79. The van der Waals surface area contributed by atoms with Crippen LogP contribution in [0.1, 0.15) is 51.9 Å². The molecule has 106 valence electrons. The number of hydrogen-bond donors (Lipinski definition) is 1. The van der Waals surface area contributed by atoms with E-state index in [9.17, 15) is 0 Å². The van der Waals surface area contributed by atoms with Gasteiger partial charge in [-0.1, -0.05) is 32.6 Å². The molecule has 2 fully saturated rings. The van der Waals surface area contributed by atoms with E-state index in [-0.39, 0.29) is 0 Å². The molecule has 2 rings (SSSR count). The Hall–Kier alpha value is -0.120. The molecular formula is C15H30N2O. The van der Waals surface area contributed by atoms with Crippen molar-refractivity contribution in [2.45, 2.75) is 58.0 Å². The molecule has 0 aromatic rings. The van der Waals surface area contributed by atoms with Gasteiger partial charge >= 0.3 is 0 Å². The number of ether oxygens (including phenoxy) is 1. The van der Waals surface area contributed by atoms with Crippen LogP contribution in [0.2, 0.25) is 0 Å². The van der Waals surface area contributed by atoms with E-state index >= 15 is 0 Å². The maximum Gasteiger partial charge on any atom is 0.0700 e. The number of nitrogens with zero attached hydrogens (tertiary/aromatic N) is 1. The molecule has 0 aromatic carbocycles. The maximum atomic E-state index is 6.13. The van der Waals surface area contributed by atoms with Crippen LogP contribution in [0.4, 0.5) is 0 Å². The SMILES string of the molecule is CCC1CN(CC2(CN)CCCCCC2)CCO1. The Morgan fingerprint density at radius 3 is 2.56 bits per heavy atom. The first-order chi connectivity index (χ1) is 8.78. The monoisotopic (exact) mass is 254 g/mol. The minimum Gasteiger partial charge on any atom is -0.376 e. The molecule has 0 spiro atoms. The first kappa shape index (κ1) is 14.3. The van der Waals surface area contributed by atoms with E-state index in [1.54, 1.807) is 0 Å². The van der Waals surface area contributed by atoms with E-state index in [0.717, 1.165) is 32.7 Å². The standard InChI is InChI=1S/C15H30N2O/c1-2-14-11-17(9-10-18-14)13-15(12-16)7-5-3-4-6-8-15/h14H,2-13,16H2,1H3. The largest absolute Gasteiger partial charge is 0.376 e. The molecule has 1 unspecified atom stereocenters. The molecule has 2 aliphatic rings. The van der Waals surface area contributed by atoms with E-state index in [4.69, 9.17) is 10.5 Å². The van der Waals surface area contributed by atoms with Crippen molar-refractivity contribution in [3.63, 3.8) is 0 Å². The number of hydrogen-bond acceptors (Lipinski definition) is 3. The number of rotatable bonds is 4. The van der Waals surface area contributed by atoms with Crippen LogP contribution in [0.15, 0.2) is 0 Å². The van der Waals surface area contributed by atoms with E-state index in [1.807, 2.05) is 0 Å². The Kier molecular flexibility index (Phi) is 5.46. The fraction of sp³-hybridized carbons (Fsp3) is 1.00. The van der Waals surface area contributed by atoms with E-state index in [2.05, 4.69) is 11.8 Å². The van der Waals surface area contributed by atoms with Gasteiger partial charge in [-0.15, -0.1) is 0 Å². The van der Waals surface area contributed by atoms with Crippen molar-refractivity contribution in [3.8, 4) is 0 Å². The lowest BCUT2D eigenvalue weighted by Gasteiger charge is -2.40. The summed E-state index contributed by atoms with van der Waals surface area (Å²) in [5.74, 6) is 0. The second-order valence-electron chi connectivity index (χ2n) is 6.25. The first-order valence-electron chi connectivity index (χ1n) is 7.82. The third-order valence-electron chi connectivity index (χ3n) is 4.83. The molecule has 1 aliphatic heterocycles. The summed E-state index contributed by atoms with van der Waals surface area (Å²) in [6.45, 7) is 7.39. The Morgan fingerprint density at radius 2 is 1.94 bits per heavy atom. The van der Waals surface area contributed by atoms with Gasteiger partial charge in [0.25, 0.3) is 0 Å². The average molecular weight is 254 g/mol. The second kappa shape index (κ2) is 6.88. The van der Waals surface area contributed by atoms with Crippen LogP contribution in [-0.2, 0) is 4.74 Å². The summed E-state index contributed by atoms with van der Waals surface area (Å²) in [7, 11) is 0. The van der Waals surface area contributed by atoms with Gasteiger partial charge in [0.2, 0.25) is 0 Å². The van der Waals surface area contributed by atoms with Crippen LogP contribution < -0.4 is 5.73 Å². The van der Waals surface area contributed by atoms with Gasteiger partial charge in [0.05, 0.1) is 12.7 Å². The molecule has 0 aromatic heterocycles. The van der Waals surface area contributed by atoms with Gasteiger partial charge in [0.15, 0.2) is 0 Å². The molecule has 2 N–H and O–H groups in total. The molecule has 3 nitrogen and oxygen atoms in total. The van der Waals surface area contributed by atoms with E-state index in [0.29, 0.717) is 11.5 Å². The summed E-state index contributed by atoms with van der Waals surface area (Å²) in [4.78, 5) is 2.61. The summed E-state index contributed by atoms with van der Waals surface area (Å²) in [6, 6.07) is 0. The number of morpholine rings is 1. The zero-order chi connectivity index (χ0) is 12.8. The first-order valence-corrected chi connectivity index (χ1v) is 7.82. The number of nitrogens with two attached hydrogens (primary N) is 1. The fourth-order valence-electron chi connectivity index (χ4n) is 3.55. The van der Waals surface area contributed by atoms with Crippen LogP contribution in [0.3, 0.4) is 0 Å². The van der Waals surface area contributed by atoms with Crippen molar-refractivity contribution >= 4 is 0 Å². The zero-order valence-electron chi connectivity index (χ0n) is 12.0. The molecule has 0 bridgehead atoms. The molecule has 1 heterocycles. The highest BCUT2D eigenvalue weighted by atomic mass is 16.5. The van der Waals surface area contributed by atoms with Gasteiger partial charge in [-0.25, -0.2) is 0 Å². The molecule has 1 aliphatic carbocycles. The molecule has 1 saturated carbocycles. The van der Waals surface area contributed by atoms with Gasteiger partial charge in [-0.2, -0.15) is 0 Å². The Morgan fingerprint density at radius 1 is 1.22 bits per heavy atom. The summed E-state index contributed by atoms with van der Waals surface area (Å²) >= 11 is 0. The Bertz CT molecular complexity index is 237. The zero-order valence-corrected chi connectivity index (χ0v) is 12.0. The average Bonchev–Trinajstić information content (AvgIpc) is 2.65. The highest BCUT2D eigenvalue weighted by Crippen LogP contribution is 2.35. The normalized spacial score (nSPS) is 30.0. The molecule has 1 atom stereocenters. The van der Waals surface area contributed by atoms with Crippen molar-refractivity contribution in [1.29, 1.82) is 0 Å². The fourth-order valence-corrected chi connectivity index (χ4v) is 3.55. The summed E-state index contributed by atoms with van der Waals surface area (Å²) in [6.07, 6.45) is 9.79. The lowest BCUT2D eigenvalue weighted by Crippen LogP contribution is -2.49. The predicted molar refractivity (Wildman–Crippen MR) is 75.7 cm³/mol. The highest BCUT2D eigenvalue weighted by Gasteiger charge is 2.33. The topological polar surface area (TPSA) is 38.5 Å². The minimum atomic E-state index is 0.395. The van der Waals surface area contributed by atoms with Gasteiger partial charge in [-0.05, 0) is 31.2 Å². The van der Waals surface area contributed by atoms with Gasteiger partial charge in [0, 0.05) is 19.6 Å². The van der Waals surface area contributed by atoms with Crippen LogP contribution in [-0.4, -0.2) is 43.8 Å². The van der Waals surface area contributed by atoms with Crippen molar-refractivity contribution in [3.05, 3.63) is 0 Å². The lowest BCUT2D eigenvalue weighted by molar-refractivity contribution is -0.0433. The molecule has 1 saturated heterocycles. The van der Waals surface area contributed by atoms with Gasteiger partial charge in [0.1, 0.15) is 0 Å². The molecule has 0 amide bonds. The molecule has 18 heavy (non-hydrogen) atoms. The van der Waals surface area contributed by atoms with Crippen molar-refractivity contribution in [1.82, 2.24) is 4.90 Å².